The van der Waals surface area contributed by atoms with Gasteiger partial charge >= 0.3 is 0 Å². The van der Waals surface area contributed by atoms with E-state index in [0.29, 0.717) is 18.2 Å². The minimum Gasteiger partial charge on any atom is -0.368 e. The standard InChI is InChI=1S/C7H15NO/c1-4-6(8-3)7-5(2)9-7/h5-8H,4H2,1-3H3/t5?,6?,7-/m0/s1. The monoisotopic (exact) mass is 129 g/mol. The van der Waals surface area contributed by atoms with Gasteiger partial charge in [0.05, 0.1) is 12.2 Å². The molecule has 0 saturated carbocycles. The fourth-order valence-electron chi connectivity index (χ4n) is 1.23. The van der Waals surface area contributed by atoms with Crippen molar-refractivity contribution in [1.29, 1.82) is 0 Å². The van der Waals surface area contributed by atoms with E-state index in [1.807, 2.05) is 7.05 Å². The van der Waals surface area contributed by atoms with Crippen LogP contribution in [0.2, 0.25) is 0 Å². The SMILES string of the molecule is CCC(NC)[C@H]1OC1C. The van der Waals surface area contributed by atoms with Gasteiger partial charge in [-0.15, -0.1) is 0 Å². The van der Waals surface area contributed by atoms with Gasteiger partial charge in [-0.05, 0) is 20.4 Å². The average Bonchev–Trinajstić information content (AvgIpc) is 2.51. The Balaban J connectivity index is 2.23. The summed E-state index contributed by atoms with van der Waals surface area (Å²) in [7, 11) is 1.99. The highest BCUT2D eigenvalue weighted by atomic mass is 16.6. The second-order valence-corrected chi connectivity index (χ2v) is 2.61. The lowest BCUT2D eigenvalue weighted by atomic mass is 10.1. The van der Waals surface area contributed by atoms with E-state index in [-0.39, 0.29) is 0 Å². The van der Waals surface area contributed by atoms with Crippen molar-refractivity contribution in [2.45, 2.75) is 38.5 Å². The molecule has 54 valence electrons. The van der Waals surface area contributed by atoms with Crippen molar-refractivity contribution in [3.63, 3.8) is 0 Å². The van der Waals surface area contributed by atoms with Gasteiger partial charge < -0.3 is 10.1 Å². The van der Waals surface area contributed by atoms with E-state index in [2.05, 4.69) is 19.2 Å². The van der Waals surface area contributed by atoms with Crippen LogP contribution in [0.25, 0.3) is 0 Å². The second-order valence-electron chi connectivity index (χ2n) is 2.61. The molecule has 1 heterocycles. The number of rotatable bonds is 3. The maximum absolute atomic E-state index is 5.30. The molecule has 0 aromatic heterocycles. The molecule has 2 unspecified atom stereocenters. The molecule has 1 aliphatic heterocycles. The third kappa shape index (κ3) is 1.43. The molecule has 0 aromatic rings. The largest absolute Gasteiger partial charge is 0.368 e. The lowest BCUT2D eigenvalue weighted by Crippen LogP contribution is -2.30. The van der Waals surface area contributed by atoms with E-state index in [1.54, 1.807) is 0 Å². The summed E-state index contributed by atoms with van der Waals surface area (Å²) in [5.41, 5.74) is 0. The third-order valence-electron chi connectivity index (χ3n) is 1.97. The van der Waals surface area contributed by atoms with E-state index >= 15 is 0 Å². The predicted octanol–water partition coefficient (Wildman–Crippen LogP) is 0.772. The molecule has 0 bridgehead atoms. The van der Waals surface area contributed by atoms with Crippen molar-refractivity contribution < 1.29 is 4.74 Å². The molecule has 1 fully saturated rings. The highest BCUT2D eigenvalue weighted by Gasteiger charge is 2.39. The summed E-state index contributed by atoms with van der Waals surface area (Å²) in [6.45, 7) is 4.29. The molecule has 2 nitrogen and oxygen atoms in total. The minimum absolute atomic E-state index is 0.486. The molecule has 1 rings (SSSR count). The van der Waals surface area contributed by atoms with Gasteiger partial charge in [-0.25, -0.2) is 0 Å². The molecule has 0 spiro atoms. The van der Waals surface area contributed by atoms with Crippen LogP contribution in [0.4, 0.5) is 0 Å². The Bertz CT molecular complexity index is 90.9. The zero-order valence-electron chi connectivity index (χ0n) is 6.35. The molecule has 0 aromatic carbocycles. The topological polar surface area (TPSA) is 24.6 Å². The summed E-state index contributed by atoms with van der Waals surface area (Å²) < 4.78 is 5.30. The number of hydrogen-bond acceptors (Lipinski definition) is 2. The summed E-state index contributed by atoms with van der Waals surface area (Å²) >= 11 is 0. The van der Waals surface area contributed by atoms with Crippen LogP contribution in [0.5, 0.6) is 0 Å². The van der Waals surface area contributed by atoms with E-state index < -0.39 is 0 Å². The average molecular weight is 129 g/mol. The van der Waals surface area contributed by atoms with Crippen molar-refractivity contribution >= 4 is 0 Å². The predicted molar refractivity (Wildman–Crippen MR) is 37.5 cm³/mol. The first-order chi connectivity index (χ1) is 4.29. The summed E-state index contributed by atoms with van der Waals surface area (Å²) in [6, 6.07) is 0.569. The molecule has 1 N–H and O–H groups in total. The van der Waals surface area contributed by atoms with E-state index in [1.165, 1.54) is 0 Å². The first kappa shape index (κ1) is 7.03. The molecular weight excluding hydrogens is 114 g/mol. The van der Waals surface area contributed by atoms with Gasteiger partial charge in [-0.2, -0.15) is 0 Å². The Morgan fingerprint density at radius 2 is 2.22 bits per heavy atom. The summed E-state index contributed by atoms with van der Waals surface area (Å²) in [5, 5.41) is 3.22. The molecule has 1 aliphatic rings. The summed E-state index contributed by atoms with van der Waals surface area (Å²) in [5.74, 6) is 0. The highest BCUT2D eigenvalue weighted by Crippen LogP contribution is 2.25. The fourth-order valence-corrected chi connectivity index (χ4v) is 1.23. The zero-order valence-corrected chi connectivity index (χ0v) is 6.35. The Morgan fingerprint density at radius 1 is 1.67 bits per heavy atom. The number of epoxide rings is 1. The van der Waals surface area contributed by atoms with Gasteiger partial charge in [0.2, 0.25) is 0 Å². The second kappa shape index (κ2) is 2.67. The van der Waals surface area contributed by atoms with Gasteiger partial charge in [0.15, 0.2) is 0 Å². The van der Waals surface area contributed by atoms with E-state index in [9.17, 15) is 0 Å². The Kier molecular flexibility index (Phi) is 2.09. The summed E-state index contributed by atoms with van der Waals surface area (Å²) in [6.07, 6.45) is 2.13. The fraction of sp³-hybridized carbons (Fsp3) is 1.00. The maximum Gasteiger partial charge on any atom is 0.0991 e. The number of likely N-dealkylation sites (N-methyl/N-ethyl adjacent to an activating group) is 1. The van der Waals surface area contributed by atoms with Crippen LogP contribution in [-0.4, -0.2) is 25.3 Å². The van der Waals surface area contributed by atoms with Gasteiger partial charge in [0, 0.05) is 6.04 Å². The van der Waals surface area contributed by atoms with Gasteiger partial charge in [0.25, 0.3) is 0 Å². The zero-order chi connectivity index (χ0) is 6.85. The minimum atomic E-state index is 0.486. The third-order valence-corrected chi connectivity index (χ3v) is 1.97. The van der Waals surface area contributed by atoms with Crippen molar-refractivity contribution in [3.8, 4) is 0 Å². The van der Waals surface area contributed by atoms with Crippen molar-refractivity contribution in [1.82, 2.24) is 5.32 Å². The van der Waals surface area contributed by atoms with Crippen LogP contribution in [0.3, 0.4) is 0 Å². The highest BCUT2D eigenvalue weighted by molar-refractivity contribution is 4.90. The Labute approximate surface area is 56.6 Å². The molecule has 9 heavy (non-hydrogen) atoms. The van der Waals surface area contributed by atoms with Crippen LogP contribution >= 0.6 is 0 Å². The molecule has 1 saturated heterocycles. The molecular formula is C7H15NO. The van der Waals surface area contributed by atoms with Crippen LogP contribution in [0.15, 0.2) is 0 Å². The Morgan fingerprint density at radius 3 is 2.33 bits per heavy atom. The summed E-state index contributed by atoms with van der Waals surface area (Å²) in [4.78, 5) is 0. The number of hydrogen-bond donors (Lipinski definition) is 1. The lowest BCUT2D eigenvalue weighted by molar-refractivity contribution is 0.332. The molecule has 0 aliphatic carbocycles. The molecule has 2 heteroatoms. The van der Waals surface area contributed by atoms with Crippen LogP contribution in [0, 0.1) is 0 Å². The quantitative estimate of drug-likeness (QED) is 0.569. The van der Waals surface area contributed by atoms with Gasteiger partial charge in [-0.1, -0.05) is 6.92 Å². The molecule has 0 radical (unpaired) electrons. The van der Waals surface area contributed by atoms with Gasteiger partial charge in [-0.3, -0.25) is 0 Å². The molecule has 3 atom stereocenters. The van der Waals surface area contributed by atoms with Crippen molar-refractivity contribution in [2.24, 2.45) is 0 Å². The van der Waals surface area contributed by atoms with Crippen LogP contribution in [-0.2, 0) is 4.74 Å². The Hall–Kier alpha value is -0.0800. The first-order valence-corrected chi connectivity index (χ1v) is 3.62. The van der Waals surface area contributed by atoms with Crippen LogP contribution in [0.1, 0.15) is 20.3 Å². The smallest absolute Gasteiger partial charge is 0.0991 e. The van der Waals surface area contributed by atoms with Crippen molar-refractivity contribution in [2.75, 3.05) is 7.05 Å². The number of nitrogens with one attached hydrogen (secondary N) is 1. The first-order valence-electron chi connectivity index (χ1n) is 3.62. The van der Waals surface area contributed by atoms with E-state index in [4.69, 9.17) is 4.74 Å². The van der Waals surface area contributed by atoms with E-state index in [0.717, 1.165) is 6.42 Å². The van der Waals surface area contributed by atoms with Gasteiger partial charge in [0.1, 0.15) is 0 Å². The van der Waals surface area contributed by atoms with Crippen LogP contribution < -0.4 is 5.32 Å². The molecule has 0 amide bonds. The normalized spacial score (nSPS) is 36.3. The maximum atomic E-state index is 5.30. The lowest BCUT2D eigenvalue weighted by Gasteiger charge is -2.08. The van der Waals surface area contributed by atoms with Crippen molar-refractivity contribution in [3.05, 3.63) is 0 Å². The number of ether oxygens (including phenoxy) is 1.